The SMILES string of the molecule is COc1cc(N/C=C/[N+](=O)[O-])c(C(=O)O)cc1Br.C[N+](=O)[O-]. The molecular weight excluding hydrogens is 366 g/mol. The fraction of sp³-hybridized carbons (Fsp3) is 0.182. The highest BCUT2D eigenvalue weighted by molar-refractivity contribution is 9.10. The first-order valence-electron chi connectivity index (χ1n) is 5.44. The van der Waals surface area contributed by atoms with Crippen LogP contribution in [0.4, 0.5) is 5.69 Å². The average Bonchev–Trinajstić information content (AvgIpc) is 2.38. The number of methoxy groups -OCH3 is 1. The predicted octanol–water partition coefficient (Wildman–Crippen LogP) is 2.21. The lowest BCUT2D eigenvalue weighted by atomic mass is 10.1. The number of anilines is 1. The van der Waals surface area contributed by atoms with E-state index in [0.717, 1.165) is 13.2 Å². The van der Waals surface area contributed by atoms with Gasteiger partial charge in [0.1, 0.15) is 5.75 Å². The molecule has 10 nitrogen and oxygen atoms in total. The van der Waals surface area contributed by atoms with E-state index in [1.807, 2.05) is 0 Å². The second-order valence-corrected chi connectivity index (χ2v) is 4.38. The van der Waals surface area contributed by atoms with Crippen molar-refractivity contribution in [3.05, 3.63) is 54.8 Å². The molecular formula is C11H12BrN3O7. The van der Waals surface area contributed by atoms with E-state index in [2.05, 4.69) is 21.2 Å². The third-order valence-electron chi connectivity index (χ3n) is 1.96. The zero-order chi connectivity index (χ0) is 17.3. The fourth-order valence-corrected chi connectivity index (χ4v) is 1.70. The molecule has 0 aliphatic carbocycles. The van der Waals surface area contributed by atoms with Gasteiger partial charge >= 0.3 is 5.97 Å². The second-order valence-electron chi connectivity index (χ2n) is 3.52. The van der Waals surface area contributed by atoms with Crippen molar-refractivity contribution in [3.8, 4) is 5.75 Å². The Balaban J connectivity index is 0.000000980. The summed E-state index contributed by atoms with van der Waals surface area (Å²) in [5.41, 5.74) is 0.163. The molecule has 0 aliphatic heterocycles. The van der Waals surface area contributed by atoms with E-state index < -0.39 is 15.8 Å². The third kappa shape index (κ3) is 7.19. The molecule has 120 valence electrons. The van der Waals surface area contributed by atoms with Crippen LogP contribution in [-0.2, 0) is 0 Å². The van der Waals surface area contributed by atoms with Gasteiger partial charge in [-0.05, 0) is 22.0 Å². The molecule has 2 N–H and O–H groups in total. The lowest BCUT2D eigenvalue weighted by molar-refractivity contribution is -0.445. The number of carboxylic acid groups (broad SMARTS) is 1. The van der Waals surface area contributed by atoms with Crippen molar-refractivity contribution in [1.82, 2.24) is 0 Å². The lowest BCUT2D eigenvalue weighted by Crippen LogP contribution is -2.03. The summed E-state index contributed by atoms with van der Waals surface area (Å²) in [6.45, 7) is 0. The molecule has 0 aromatic heterocycles. The summed E-state index contributed by atoms with van der Waals surface area (Å²) in [5, 5.41) is 30.4. The van der Waals surface area contributed by atoms with E-state index in [4.69, 9.17) is 20.0 Å². The highest BCUT2D eigenvalue weighted by Gasteiger charge is 2.13. The standard InChI is InChI=1S/C10H9BrN2O5.CH3NO2/c1-18-9-5-8(12-2-3-13(16)17)6(10(14)15)4-7(9)11;1-2(3)4/h2-5,12H,1H3,(H,14,15);1H3/b3-2+;. The van der Waals surface area contributed by atoms with Crippen LogP contribution in [0.1, 0.15) is 10.4 Å². The Hall–Kier alpha value is -2.69. The van der Waals surface area contributed by atoms with Crippen molar-refractivity contribution in [2.24, 2.45) is 0 Å². The van der Waals surface area contributed by atoms with Gasteiger partial charge in [-0.25, -0.2) is 4.79 Å². The molecule has 0 heterocycles. The minimum absolute atomic E-state index is 0.0318. The van der Waals surface area contributed by atoms with Crippen LogP contribution in [0.5, 0.6) is 5.75 Å². The molecule has 0 atom stereocenters. The van der Waals surface area contributed by atoms with Crippen LogP contribution in [0.15, 0.2) is 29.0 Å². The lowest BCUT2D eigenvalue weighted by Gasteiger charge is -2.09. The van der Waals surface area contributed by atoms with Crippen LogP contribution >= 0.6 is 15.9 Å². The highest BCUT2D eigenvalue weighted by Crippen LogP contribution is 2.31. The second kappa shape index (κ2) is 9.28. The number of aromatic carboxylic acids is 1. The minimum Gasteiger partial charge on any atom is -0.495 e. The molecule has 0 bridgehead atoms. The van der Waals surface area contributed by atoms with Gasteiger partial charge in [0, 0.05) is 11.0 Å². The predicted molar refractivity (Wildman–Crippen MR) is 80.3 cm³/mol. The summed E-state index contributed by atoms with van der Waals surface area (Å²) < 4.78 is 5.49. The molecule has 1 aromatic rings. The van der Waals surface area contributed by atoms with Gasteiger partial charge in [0.05, 0.1) is 34.0 Å². The number of carboxylic acids is 1. The minimum atomic E-state index is -1.16. The van der Waals surface area contributed by atoms with Crippen molar-refractivity contribution >= 4 is 27.6 Å². The summed E-state index contributed by atoms with van der Waals surface area (Å²) in [7, 11) is 2.32. The number of nitro groups is 2. The van der Waals surface area contributed by atoms with Crippen molar-refractivity contribution in [3.63, 3.8) is 0 Å². The van der Waals surface area contributed by atoms with Crippen molar-refractivity contribution in [2.75, 3.05) is 19.5 Å². The molecule has 11 heteroatoms. The van der Waals surface area contributed by atoms with Crippen molar-refractivity contribution in [1.29, 1.82) is 0 Å². The number of carbonyl (C=O) groups is 1. The molecule has 0 saturated heterocycles. The first-order valence-corrected chi connectivity index (χ1v) is 6.23. The molecule has 0 fully saturated rings. The van der Waals surface area contributed by atoms with E-state index in [1.165, 1.54) is 19.2 Å². The summed E-state index contributed by atoms with van der Waals surface area (Å²) in [4.78, 5) is 28.8. The van der Waals surface area contributed by atoms with Crippen molar-refractivity contribution < 1.29 is 24.5 Å². The number of hydrogen-bond acceptors (Lipinski definition) is 7. The van der Waals surface area contributed by atoms with Crippen molar-refractivity contribution in [2.45, 2.75) is 0 Å². The van der Waals surface area contributed by atoms with Crippen LogP contribution in [0, 0.1) is 20.2 Å². The monoisotopic (exact) mass is 377 g/mol. The Morgan fingerprint density at radius 1 is 1.41 bits per heavy atom. The number of rotatable bonds is 5. The third-order valence-corrected chi connectivity index (χ3v) is 2.58. The molecule has 1 rings (SSSR count). The molecule has 0 radical (unpaired) electrons. The Bertz CT molecular complexity index is 600. The number of hydrogen-bond donors (Lipinski definition) is 2. The largest absolute Gasteiger partial charge is 0.495 e. The maximum Gasteiger partial charge on any atom is 0.337 e. The molecule has 1 aromatic carbocycles. The van der Waals surface area contributed by atoms with Gasteiger partial charge < -0.3 is 15.2 Å². The number of ether oxygens (including phenoxy) is 1. The molecule has 0 aliphatic rings. The number of nitrogens with one attached hydrogen (secondary N) is 1. The molecule has 22 heavy (non-hydrogen) atoms. The first kappa shape index (κ1) is 19.3. The van der Waals surface area contributed by atoms with Gasteiger partial charge in [-0.3, -0.25) is 20.2 Å². The highest BCUT2D eigenvalue weighted by atomic mass is 79.9. The van der Waals surface area contributed by atoms with Crippen LogP contribution in [-0.4, -0.2) is 35.1 Å². The zero-order valence-corrected chi connectivity index (χ0v) is 13.1. The Labute approximate surface area is 132 Å². The smallest absolute Gasteiger partial charge is 0.337 e. The zero-order valence-electron chi connectivity index (χ0n) is 11.5. The number of halogens is 1. The van der Waals surface area contributed by atoms with Gasteiger partial charge in [-0.1, -0.05) is 0 Å². The Morgan fingerprint density at radius 3 is 2.36 bits per heavy atom. The van der Waals surface area contributed by atoms with Gasteiger partial charge in [0.15, 0.2) is 7.05 Å². The summed E-state index contributed by atoms with van der Waals surface area (Å²) in [6, 6.07) is 2.78. The Kier molecular flexibility index (Phi) is 8.15. The summed E-state index contributed by atoms with van der Waals surface area (Å²) in [6.07, 6.45) is 1.70. The van der Waals surface area contributed by atoms with E-state index in [0.29, 0.717) is 16.4 Å². The summed E-state index contributed by atoms with van der Waals surface area (Å²) >= 11 is 3.16. The van der Waals surface area contributed by atoms with E-state index in [9.17, 15) is 14.9 Å². The normalized spacial score (nSPS) is 9.59. The van der Waals surface area contributed by atoms with Crippen LogP contribution in [0.25, 0.3) is 0 Å². The topological polar surface area (TPSA) is 145 Å². The maximum absolute atomic E-state index is 11.0. The molecule has 0 unspecified atom stereocenters. The van der Waals surface area contributed by atoms with Gasteiger partial charge in [0.2, 0.25) is 6.20 Å². The number of nitrogens with zero attached hydrogens (tertiary/aromatic N) is 2. The molecule has 0 saturated carbocycles. The van der Waals surface area contributed by atoms with Gasteiger partial charge in [0.25, 0.3) is 0 Å². The van der Waals surface area contributed by atoms with Crippen LogP contribution in [0.3, 0.4) is 0 Å². The Morgan fingerprint density at radius 2 is 1.95 bits per heavy atom. The average molecular weight is 378 g/mol. The van der Waals surface area contributed by atoms with E-state index in [1.54, 1.807) is 0 Å². The summed E-state index contributed by atoms with van der Waals surface area (Å²) in [5.74, 6) is -0.743. The maximum atomic E-state index is 11.0. The fourth-order valence-electron chi connectivity index (χ4n) is 1.19. The van der Waals surface area contributed by atoms with Gasteiger partial charge in [-0.2, -0.15) is 0 Å². The molecule has 0 spiro atoms. The molecule has 0 amide bonds. The van der Waals surface area contributed by atoms with Gasteiger partial charge in [-0.15, -0.1) is 0 Å². The van der Waals surface area contributed by atoms with E-state index in [-0.39, 0.29) is 11.3 Å². The van der Waals surface area contributed by atoms with Crippen LogP contribution in [0.2, 0.25) is 0 Å². The number of benzene rings is 1. The first-order chi connectivity index (χ1) is 10.2. The van der Waals surface area contributed by atoms with E-state index >= 15 is 0 Å². The van der Waals surface area contributed by atoms with Crippen LogP contribution < -0.4 is 10.1 Å². The quantitative estimate of drug-likeness (QED) is 0.586.